The third-order valence-electron chi connectivity index (χ3n) is 7.42. The van der Waals surface area contributed by atoms with Crippen molar-refractivity contribution in [2.45, 2.75) is 32.7 Å². The lowest BCUT2D eigenvalue weighted by Crippen LogP contribution is -2.38. The summed E-state index contributed by atoms with van der Waals surface area (Å²) in [5, 5.41) is 7.31. The molecule has 0 saturated carbocycles. The third-order valence-corrected chi connectivity index (χ3v) is 8.62. The van der Waals surface area contributed by atoms with E-state index in [1.807, 2.05) is 22.2 Å². The summed E-state index contributed by atoms with van der Waals surface area (Å²) in [7, 11) is 0. The van der Waals surface area contributed by atoms with Crippen LogP contribution in [-0.4, -0.2) is 61.9 Å². The van der Waals surface area contributed by atoms with Gasteiger partial charge >= 0.3 is 0 Å². The van der Waals surface area contributed by atoms with Gasteiger partial charge in [0.15, 0.2) is 11.5 Å². The predicted octanol–water partition coefficient (Wildman–Crippen LogP) is 4.42. The topological polar surface area (TPSA) is 60.5 Å². The summed E-state index contributed by atoms with van der Waals surface area (Å²) in [6.45, 7) is 7.98. The van der Waals surface area contributed by atoms with Gasteiger partial charge in [-0.15, -0.1) is 16.4 Å². The Hall–Kier alpha value is -2.81. The number of fused-ring (bicyclic) bond motifs is 6. The Morgan fingerprint density at radius 3 is 2.94 bits per heavy atom. The van der Waals surface area contributed by atoms with Crippen LogP contribution in [0.5, 0.6) is 0 Å². The average Bonchev–Trinajstić information content (AvgIpc) is 3.56. The van der Waals surface area contributed by atoms with Gasteiger partial charge in [0.1, 0.15) is 11.2 Å². The van der Waals surface area contributed by atoms with Gasteiger partial charge in [-0.1, -0.05) is 25.1 Å². The minimum absolute atomic E-state index is 0.706. The SMILES string of the molecule is CC1CCc2sc3ncn4nc(-c5cn(CCN6CCOCC6)c6ccccc56)nc4c3c2C1. The summed E-state index contributed by atoms with van der Waals surface area (Å²) in [6, 6.07) is 8.60. The normalized spacial score (nSPS) is 19.4. The van der Waals surface area contributed by atoms with Crippen LogP contribution in [0.15, 0.2) is 36.8 Å². The average molecular weight is 473 g/mol. The van der Waals surface area contributed by atoms with Crippen LogP contribution in [0.1, 0.15) is 23.8 Å². The molecule has 7 rings (SSSR count). The van der Waals surface area contributed by atoms with Crippen LogP contribution in [0.2, 0.25) is 0 Å². The van der Waals surface area contributed by atoms with Crippen molar-refractivity contribution in [3.8, 4) is 11.4 Å². The molecule has 1 unspecified atom stereocenters. The highest BCUT2D eigenvalue weighted by Crippen LogP contribution is 2.39. The van der Waals surface area contributed by atoms with E-state index >= 15 is 0 Å². The van der Waals surface area contributed by atoms with Crippen LogP contribution in [0.25, 0.3) is 38.2 Å². The summed E-state index contributed by atoms with van der Waals surface area (Å²) in [6.07, 6.45) is 7.59. The number of nitrogens with zero attached hydrogens (tertiary/aromatic N) is 6. The van der Waals surface area contributed by atoms with Crippen LogP contribution < -0.4 is 0 Å². The van der Waals surface area contributed by atoms with E-state index in [4.69, 9.17) is 19.8 Å². The molecule has 5 heterocycles. The molecule has 8 heteroatoms. The van der Waals surface area contributed by atoms with Crippen molar-refractivity contribution >= 4 is 38.1 Å². The van der Waals surface area contributed by atoms with Crippen LogP contribution in [0.4, 0.5) is 0 Å². The van der Waals surface area contributed by atoms with E-state index in [9.17, 15) is 0 Å². The number of rotatable bonds is 4. The number of thiophene rings is 1. The maximum atomic E-state index is 5.51. The summed E-state index contributed by atoms with van der Waals surface area (Å²) in [5.74, 6) is 1.48. The first kappa shape index (κ1) is 20.6. The second kappa shape index (κ2) is 8.15. The molecule has 4 aromatic heterocycles. The zero-order valence-corrected chi connectivity index (χ0v) is 20.2. The van der Waals surface area contributed by atoms with Gasteiger partial charge in [-0.2, -0.15) is 0 Å². The molecule has 0 radical (unpaired) electrons. The highest BCUT2D eigenvalue weighted by Gasteiger charge is 2.24. The molecule has 0 N–H and O–H groups in total. The molecule has 34 heavy (non-hydrogen) atoms. The molecule has 1 atom stereocenters. The maximum Gasteiger partial charge on any atom is 0.184 e. The molecule has 1 saturated heterocycles. The van der Waals surface area contributed by atoms with Crippen molar-refractivity contribution in [3.05, 3.63) is 47.2 Å². The second-order valence-electron chi connectivity index (χ2n) is 9.69. The summed E-state index contributed by atoms with van der Waals surface area (Å²) in [4.78, 5) is 14.9. The molecule has 1 fully saturated rings. The van der Waals surface area contributed by atoms with Crippen molar-refractivity contribution in [1.82, 2.24) is 29.0 Å². The fourth-order valence-corrected chi connectivity index (χ4v) is 6.72. The van der Waals surface area contributed by atoms with Gasteiger partial charge in [0.2, 0.25) is 0 Å². The van der Waals surface area contributed by atoms with Crippen LogP contribution in [0, 0.1) is 5.92 Å². The lowest BCUT2D eigenvalue weighted by molar-refractivity contribution is 0.0365. The summed E-state index contributed by atoms with van der Waals surface area (Å²) in [5.41, 5.74) is 4.71. The Bertz CT molecular complexity index is 1510. The van der Waals surface area contributed by atoms with E-state index in [2.05, 4.69) is 46.9 Å². The second-order valence-corrected chi connectivity index (χ2v) is 10.8. The highest BCUT2D eigenvalue weighted by atomic mass is 32.1. The highest BCUT2D eigenvalue weighted by molar-refractivity contribution is 7.19. The number of benzene rings is 1. The number of para-hydroxylation sites is 1. The molecule has 5 aromatic rings. The Morgan fingerprint density at radius 1 is 1.15 bits per heavy atom. The molecule has 2 aliphatic rings. The lowest BCUT2D eigenvalue weighted by atomic mass is 9.89. The molecule has 174 valence electrons. The fraction of sp³-hybridized carbons (Fsp3) is 0.423. The Kier molecular flexibility index (Phi) is 4.93. The van der Waals surface area contributed by atoms with Crippen LogP contribution in [0.3, 0.4) is 0 Å². The molecule has 0 spiro atoms. The number of hydrogen-bond donors (Lipinski definition) is 0. The quantitative estimate of drug-likeness (QED) is 0.388. The minimum atomic E-state index is 0.706. The standard InChI is InChI=1S/C26H28N6OS/c1-17-6-7-22-19(14-17)23-25-28-24(29-32(25)16-27-26(23)34-22)20-15-31(21-5-3-2-4-18(20)21)9-8-30-10-12-33-13-11-30/h2-5,15-17H,6-14H2,1H3. The van der Waals surface area contributed by atoms with Gasteiger partial charge in [-0.05, 0) is 36.8 Å². The van der Waals surface area contributed by atoms with Crippen molar-refractivity contribution < 1.29 is 4.74 Å². The van der Waals surface area contributed by atoms with Gasteiger partial charge in [-0.3, -0.25) is 4.90 Å². The van der Waals surface area contributed by atoms with Crippen molar-refractivity contribution in [3.63, 3.8) is 0 Å². The zero-order valence-electron chi connectivity index (χ0n) is 19.4. The molecule has 1 aliphatic heterocycles. The first-order valence-electron chi connectivity index (χ1n) is 12.3. The largest absolute Gasteiger partial charge is 0.379 e. The van der Waals surface area contributed by atoms with E-state index in [1.165, 1.54) is 33.2 Å². The maximum absolute atomic E-state index is 5.51. The van der Waals surface area contributed by atoms with E-state index in [1.54, 1.807) is 0 Å². The smallest absolute Gasteiger partial charge is 0.184 e. The van der Waals surface area contributed by atoms with Gasteiger partial charge in [0, 0.05) is 53.7 Å². The molecule has 0 bridgehead atoms. The first-order valence-corrected chi connectivity index (χ1v) is 13.1. The lowest BCUT2D eigenvalue weighted by Gasteiger charge is -2.26. The van der Waals surface area contributed by atoms with Crippen molar-refractivity contribution in [1.29, 1.82) is 0 Å². The first-order chi connectivity index (χ1) is 16.7. The molecule has 1 aromatic carbocycles. The Balaban J connectivity index is 1.32. The van der Waals surface area contributed by atoms with Crippen molar-refractivity contribution in [2.75, 3.05) is 32.8 Å². The van der Waals surface area contributed by atoms with E-state index in [-0.39, 0.29) is 0 Å². The van der Waals surface area contributed by atoms with E-state index in [0.29, 0.717) is 5.92 Å². The summed E-state index contributed by atoms with van der Waals surface area (Å²) < 4.78 is 9.74. The monoisotopic (exact) mass is 472 g/mol. The number of aromatic nitrogens is 5. The van der Waals surface area contributed by atoms with Crippen LogP contribution >= 0.6 is 11.3 Å². The van der Waals surface area contributed by atoms with Gasteiger partial charge in [0.05, 0.1) is 18.6 Å². The number of ether oxygens (including phenoxy) is 1. The predicted molar refractivity (Wildman–Crippen MR) is 136 cm³/mol. The Labute approximate surface area is 202 Å². The summed E-state index contributed by atoms with van der Waals surface area (Å²) >= 11 is 1.84. The van der Waals surface area contributed by atoms with Gasteiger partial charge in [-0.25, -0.2) is 14.5 Å². The fourth-order valence-electron chi connectivity index (χ4n) is 5.54. The number of morpholine rings is 1. The molecular formula is C26H28N6OS. The number of aryl methyl sites for hydroxylation is 1. The van der Waals surface area contributed by atoms with Crippen LogP contribution in [-0.2, 0) is 24.1 Å². The van der Waals surface area contributed by atoms with Gasteiger partial charge in [0.25, 0.3) is 0 Å². The molecule has 7 nitrogen and oxygen atoms in total. The molecular weight excluding hydrogens is 444 g/mol. The van der Waals surface area contributed by atoms with E-state index < -0.39 is 0 Å². The number of hydrogen-bond acceptors (Lipinski definition) is 6. The minimum Gasteiger partial charge on any atom is -0.379 e. The van der Waals surface area contributed by atoms with Gasteiger partial charge < -0.3 is 9.30 Å². The zero-order chi connectivity index (χ0) is 22.6. The Morgan fingerprint density at radius 2 is 2.03 bits per heavy atom. The van der Waals surface area contributed by atoms with E-state index in [0.717, 1.165) is 74.1 Å². The van der Waals surface area contributed by atoms with Crippen molar-refractivity contribution in [2.24, 2.45) is 5.92 Å². The third kappa shape index (κ3) is 3.35. The molecule has 1 aliphatic carbocycles. The molecule has 0 amide bonds.